The van der Waals surface area contributed by atoms with Crippen LogP contribution in [-0.4, -0.2) is 61.4 Å². The molecule has 1 aliphatic heterocycles. The van der Waals surface area contributed by atoms with Gasteiger partial charge in [0.1, 0.15) is 6.04 Å². The fourth-order valence-electron chi connectivity index (χ4n) is 3.29. The number of hydrogen-bond donors (Lipinski definition) is 1. The van der Waals surface area contributed by atoms with E-state index in [9.17, 15) is 9.59 Å². The molecule has 1 N–H and O–H groups in total. The van der Waals surface area contributed by atoms with Crippen molar-refractivity contribution in [1.82, 2.24) is 15.1 Å². The van der Waals surface area contributed by atoms with Crippen LogP contribution in [0.4, 0.5) is 0 Å². The third-order valence-corrected chi connectivity index (χ3v) is 4.53. The number of rotatable bonds is 4. The summed E-state index contributed by atoms with van der Waals surface area (Å²) in [6.07, 6.45) is 6.76. The van der Waals surface area contributed by atoms with E-state index >= 15 is 0 Å². The molecule has 0 aromatic heterocycles. The Morgan fingerprint density at radius 3 is 2.60 bits per heavy atom. The van der Waals surface area contributed by atoms with Gasteiger partial charge in [-0.2, -0.15) is 0 Å². The van der Waals surface area contributed by atoms with Crippen molar-refractivity contribution in [2.75, 3.05) is 33.7 Å². The highest BCUT2D eigenvalue weighted by molar-refractivity contribution is 5.88. The molecule has 0 aromatic carbocycles. The van der Waals surface area contributed by atoms with Crippen molar-refractivity contribution >= 4 is 11.8 Å². The van der Waals surface area contributed by atoms with E-state index in [0.29, 0.717) is 19.5 Å². The van der Waals surface area contributed by atoms with E-state index < -0.39 is 0 Å². The standard InChI is InChI=1S/C15H27N3O2/c1-17(2)15(20)13-11-16-9-10-18(13)14(19)8-7-12-5-3-4-6-12/h12-13,16H,3-11H2,1-2H3. The molecular formula is C15H27N3O2. The molecule has 2 amide bonds. The molecule has 1 atom stereocenters. The predicted molar refractivity (Wildman–Crippen MR) is 78.3 cm³/mol. The number of nitrogens with zero attached hydrogens (tertiary/aromatic N) is 2. The highest BCUT2D eigenvalue weighted by Crippen LogP contribution is 2.28. The minimum atomic E-state index is -0.324. The van der Waals surface area contributed by atoms with Gasteiger partial charge in [-0.3, -0.25) is 9.59 Å². The van der Waals surface area contributed by atoms with Crippen LogP contribution in [0.2, 0.25) is 0 Å². The first-order valence-electron chi connectivity index (χ1n) is 7.81. The van der Waals surface area contributed by atoms with Gasteiger partial charge in [-0.25, -0.2) is 0 Å². The number of piperazine rings is 1. The van der Waals surface area contributed by atoms with Crippen LogP contribution in [0.3, 0.4) is 0 Å². The number of likely N-dealkylation sites (N-methyl/N-ethyl adjacent to an activating group) is 1. The van der Waals surface area contributed by atoms with Crippen LogP contribution in [0, 0.1) is 5.92 Å². The summed E-state index contributed by atoms with van der Waals surface area (Å²) < 4.78 is 0. The van der Waals surface area contributed by atoms with Crippen molar-refractivity contribution in [3.8, 4) is 0 Å². The number of nitrogens with one attached hydrogen (secondary N) is 1. The van der Waals surface area contributed by atoms with Gasteiger partial charge in [-0.1, -0.05) is 25.7 Å². The van der Waals surface area contributed by atoms with Crippen molar-refractivity contribution in [3.63, 3.8) is 0 Å². The first-order valence-corrected chi connectivity index (χ1v) is 7.81. The largest absolute Gasteiger partial charge is 0.347 e. The molecule has 1 saturated carbocycles. The Labute approximate surface area is 121 Å². The lowest BCUT2D eigenvalue weighted by Crippen LogP contribution is -2.59. The third kappa shape index (κ3) is 3.72. The van der Waals surface area contributed by atoms with E-state index in [1.54, 1.807) is 23.9 Å². The fourth-order valence-corrected chi connectivity index (χ4v) is 3.29. The zero-order valence-corrected chi connectivity index (χ0v) is 12.7. The van der Waals surface area contributed by atoms with Gasteiger partial charge in [0.05, 0.1) is 0 Å². The van der Waals surface area contributed by atoms with Gasteiger partial charge < -0.3 is 15.1 Å². The molecule has 1 unspecified atom stereocenters. The average molecular weight is 281 g/mol. The maximum atomic E-state index is 12.4. The van der Waals surface area contributed by atoms with E-state index in [-0.39, 0.29) is 17.9 Å². The normalized spacial score (nSPS) is 23.9. The molecule has 2 aliphatic rings. The van der Waals surface area contributed by atoms with Crippen LogP contribution in [0.25, 0.3) is 0 Å². The molecule has 2 fully saturated rings. The van der Waals surface area contributed by atoms with E-state index in [1.165, 1.54) is 25.7 Å². The van der Waals surface area contributed by atoms with Gasteiger partial charge in [0, 0.05) is 40.2 Å². The Morgan fingerprint density at radius 1 is 1.25 bits per heavy atom. The monoisotopic (exact) mass is 281 g/mol. The van der Waals surface area contributed by atoms with Crippen molar-refractivity contribution < 1.29 is 9.59 Å². The minimum Gasteiger partial charge on any atom is -0.347 e. The highest BCUT2D eigenvalue weighted by Gasteiger charge is 2.32. The Balaban J connectivity index is 1.89. The summed E-state index contributed by atoms with van der Waals surface area (Å²) in [5.41, 5.74) is 0. The topological polar surface area (TPSA) is 52.7 Å². The summed E-state index contributed by atoms with van der Waals surface area (Å²) in [6.45, 7) is 2.01. The third-order valence-electron chi connectivity index (χ3n) is 4.53. The average Bonchev–Trinajstić information content (AvgIpc) is 2.97. The summed E-state index contributed by atoms with van der Waals surface area (Å²) in [7, 11) is 3.50. The van der Waals surface area contributed by atoms with Gasteiger partial charge in [-0.05, 0) is 12.3 Å². The second-order valence-electron chi connectivity index (χ2n) is 6.23. The molecule has 5 heteroatoms. The second kappa shape index (κ2) is 7.07. The molecule has 5 nitrogen and oxygen atoms in total. The zero-order chi connectivity index (χ0) is 14.5. The Hall–Kier alpha value is -1.10. The number of carbonyl (C=O) groups is 2. The SMILES string of the molecule is CN(C)C(=O)C1CNCCN1C(=O)CCC1CCCC1. The molecule has 20 heavy (non-hydrogen) atoms. The van der Waals surface area contributed by atoms with E-state index in [2.05, 4.69) is 5.32 Å². The molecular weight excluding hydrogens is 254 g/mol. The molecule has 1 saturated heterocycles. The smallest absolute Gasteiger partial charge is 0.246 e. The molecule has 1 aliphatic carbocycles. The van der Waals surface area contributed by atoms with Gasteiger partial charge in [0.15, 0.2) is 0 Å². The van der Waals surface area contributed by atoms with Crippen LogP contribution < -0.4 is 5.32 Å². The van der Waals surface area contributed by atoms with E-state index in [4.69, 9.17) is 0 Å². The summed E-state index contributed by atoms with van der Waals surface area (Å²) in [5.74, 6) is 0.898. The van der Waals surface area contributed by atoms with Crippen molar-refractivity contribution in [2.45, 2.75) is 44.6 Å². The summed E-state index contributed by atoms with van der Waals surface area (Å²) >= 11 is 0. The maximum absolute atomic E-state index is 12.4. The molecule has 0 spiro atoms. The zero-order valence-electron chi connectivity index (χ0n) is 12.7. The number of carbonyl (C=O) groups excluding carboxylic acids is 2. The molecule has 0 radical (unpaired) electrons. The van der Waals surface area contributed by atoms with Crippen LogP contribution in [0.1, 0.15) is 38.5 Å². The lowest BCUT2D eigenvalue weighted by Gasteiger charge is -2.36. The first-order chi connectivity index (χ1) is 9.59. The van der Waals surface area contributed by atoms with Gasteiger partial charge >= 0.3 is 0 Å². The van der Waals surface area contributed by atoms with Crippen LogP contribution in [-0.2, 0) is 9.59 Å². The van der Waals surface area contributed by atoms with Gasteiger partial charge in [-0.15, -0.1) is 0 Å². The first kappa shape index (κ1) is 15.3. The predicted octanol–water partition coefficient (Wildman–Crippen LogP) is 0.845. The van der Waals surface area contributed by atoms with E-state index in [0.717, 1.165) is 18.9 Å². The quantitative estimate of drug-likeness (QED) is 0.831. The molecule has 114 valence electrons. The van der Waals surface area contributed by atoms with E-state index in [1.807, 2.05) is 0 Å². The van der Waals surface area contributed by atoms with Crippen molar-refractivity contribution in [3.05, 3.63) is 0 Å². The van der Waals surface area contributed by atoms with Crippen molar-refractivity contribution in [1.29, 1.82) is 0 Å². The maximum Gasteiger partial charge on any atom is 0.246 e. The summed E-state index contributed by atoms with van der Waals surface area (Å²) in [6, 6.07) is -0.324. The molecule has 2 rings (SSSR count). The second-order valence-corrected chi connectivity index (χ2v) is 6.23. The Kier molecular flexibility index (Phi) is 5.40. The lowest BCUT2D eigenvalue weighted by atomic mass is 10.0. The van der Waals surface area contributed by atoms with Gasteiger partial charge in [0.25, 0.3) is 0 Å². The number of amides is 2. The molecule has 0 bridgehead atoms. The summed E-state index contributed by atoms with van der Waals surface area (Å²) in [5, 5.41) is 3.21. The van der Waals surface area contributed by atoms with Crippen molar-refractivity contribution in [2.24, 2.45) is 5.92 Å². The number of hydrogen-bond acceptors (Lipinski definition) is 3. The molecule has 0 aromatic rings. The highest BCUT2D eigenvalue weighted by atomic mass is 16.2. The van der Waals surface area contributed by atoms with Crippen LogP contribution in [0.15, 0.2) is 0 Å². The minimum absolute atomic E-state index is 0.0198. The lowest BCUT2D eigenvalue weighted by molar-refractivity contribution is -0.145. The Morgan fingerprint density at radius 2 is 1.95 bits per heavy atom. The van der Waals surface area contributed by atoms with Crippen LogP contribution in [0.5, 0.6) is 0 Å². The van der Waals surface area contributed by atoms with Gasteiger partial charge in [0.2, 0.25) is 11.8 Å². The molecule has 1 heterocycles. The van der Waals surface area contributed by atoms with Crippen LogP contribution >= 0.6 is 0 Å². The summed E-state index contributed by atoms with van der Waals surface area (Å²) in [4.78, 5) is 27.9. The fraction of sp³-hybridized carbons (Fsp3) is 0.867. The Bertz CT molecular complexity index is 351.